The lowest BCUT2D eigenvalue weighted by atomic mass is 10.1. The van der Waals surface area contributed by atoms with Crippen LogP contribution in [0.2, 0.25) is 0 Å². The van der Waals surface area contributed by atoms with Gasteiger partial charge in [0.15, 0.2) is 0 Å². The molecule has 5 heteroatoms. The number of piperidine rings is 1. The fourth-order valence-electron chi connectivity index (χ4n) is 2.00. The molecule has 1 aliphatic rings. The molecule has 92 valence electrons. The summed E-state index contributed by atoms with van der Waals surface area (Å²) in [5.74, 6) is 0.269. The number of methoxy groups -OCH3 is 1. The standard InChI is InChI=1S/C12H16N2O3/c1-17-12(16)10-3-2-6-13-11(10)14-7-4-9(15)5-8-14/h2-3,6,9,15H,4-5,7-8H2,1H3. The van der Waals surface area contributed by atoms with Crippen molar-refractivity contribution in [1.82, 2.24) is 4.98 Å². The van der Waals surface area contributed by atoms with Gasteiger partial charge in [0.1, 0.15) is 11.4 Å². The smallest absolute Gasteiger partial charge is 0.341 e. The lowest BCUT2D eigenvalue weighted by molar-refractivity contribution is 0.0601. The Bertz CT molecular complexity index is 400. The molecule has 1 aromatic heterocycles. The van der Waals surface area contributed by atoms with Gasteiger partial charge in [-0.2, -0.15) is 0 Å². The van der Waals surface area contributed by atoms with Crippen molar-refractivity contribution in [2.75, 3.05) is 25.1 Å². The zero-order valence-electron chi connectivity index (χ0n) is 9.80. The first-order valence-electron chi connectivity index (χ1n) is 5.68. The highest BCUT2D eigenvalue weighted by Gasteiger charge is 2.22. The first kappa shape index (κ1) is 11.9. The summed E-state index contributed by atoms with van der Waals surface area (Å²) in [4.78, 5) is 17.9. The normalized spacial score (nSPS) is 16.9. The highest BCUT2D eigenvalue weighted by atomic mass is 16.5. The number of hydrogen-bond donors (Lipinski definition) is 1. The zero-order chi connectivity index (χ0) is 12.3. The van der Waals surface area contributed by atoms with E-state index in [4.69, 9.17) is 4.74 Å². The SMILES string of the molecule is COC(=O)c1cccnc1N1CCC(O)CC1. The lowest BCUT2D eigenvalue weighted by Crippen LogP contribution is -2.37. The Balaban J connectivity index is 2.23. The van der Waals surface area contributed by atoms with Crippen LogP contribution in [0.5, 0.6) is 0 Å². The second-order valence-corrected chi connectivity index (χ2v) is 4.08. The van der Waals surface area contributed by atoms with Crippen LogP contribution in [0.4, 0.5) is 5.82 Å². The van der Waals surface area contributed by atoms with E-state index < -0.39 is 0 Å². The van der Waals surface area contributed by atoms with Gasteiger partial charge in [-0.3, -0.25) is 0 Å². The molecule has 17 heavy (non-hydrogen) atoms. The van der Waals surface area contributed by atoms with E-state index >= 15 is 0 Å². The number of aliphatic hydroxyl groups is 1. The maximum absolute atomic E-state index is 11.6. The second-order valence-electron chi connectivity index (χ2n) is 4.08. The first-order valence-corrected chi connectivity index (χ1v) is 5.68. The van der Waals surface area contributed by atoms with E-state index in [1.807, 2.05) is 4.90 Å². The Labute approximate surface area is 100 Å². The predicted molar refractivity (Wildman–Crippen MR) is 63.0 cm³/mol. The molecule has 0 amide bonds. The van der Waals surface area contributed by atoms with Crippen LogP contribution < -0.4 is 4.90 Å². The summed E-state index contributed by atoms with van der Waals surface area (Å²) in [5.41, 5.74) is 0.478. The molecule has 0 saturated carbocycles. The van der Waals surface area contributed by atoms with E-state index in [0.717, 1.165) is 0 Å². The molecule has 0 atom stereocenters. The second kappa shape index (κ2) is 5.14. The number of nitrogens with zero attached hydrogens (tertiary/aromatic N) is 2. The number of hydrogen-bond acceptors (Lipinski definition) is 5. The molecule has 0 radical (unpaired) electrons. The minimum absolute atomic E-state index is 0.239. The number of carbonyl (C=O) groups excluding carboxylic acids is 1. The Hall–Kier alpha value is -1.62. The lowest BCUT2D eigenvalue weighted by Gasteiger charge is -2.31. The third-order valence-corrected chi connectivity index (χ3v) is 2.96. The highest BCUT2D eigenvalue weighted by Crippen LogP contribution is 2.22. The molecule has 1 aliphatic heterocycles. The van der Waals surface area contributed by atoms with Gasteiger partial charge in [0.25, 0.3) is 0 Å². The van der Waals surface area contributed by atoms with Crippen LogP contribution in [0, 0.1) is 0 Å². The minimum Gasteiger partial charge on any atom is -0.465 e. The number of aliphatic hydroxyl groups excluding tert-OH is 1. The molecule has 1 aromatic rings. The average Bonchev–Trinajstić information content (AvgIpc) is 2.39. The Morgan fingerprint density at radius 2 is 2.24 bits per heavy atom. The molecular weight excluding hydrogens is 220 g/mol. The van der Waals surface area contributed by atoms with E-state index in [0.29, 0.717) is 37.3 Å². The number of anilines is 1. The van der Waals surface area contributed by atoms with Crippen LogP contribution in [0.15, 0.2) is 18.3 Å². The van der Waals surface area contributed by atoms with Crippen molar-refractivity contribution < 1.29 is 14.6 Å². The Morgan fingerprint density at radius 1 is 1.53 bits per heavy atom. The third kappa shape index (κ3) is 2.55. The van der Waals surface area contributed by atoms with Crippen molar-refractivity contribution in [3.05, 3.63) is 23.9 Å². The fourth-order valence-corrected chi connectivity index (χ4v) is 2.00. The van der Waals surface area contributed by atoms with Crippen LogP contribution in [0.1, 0.15) is 23.2 Å². The molecule has 0 aromatic carbocycles. The molecule has 1 fully saturated rings. The van der Waals surface area contributed by atoms with E-state index in [1.165, 1.54) is 7.11 Å². The summed E-state index contributed by atoms with van der Waals surface area (Å²) in [6, 6.07) is 3.42. The molecule has 0 unspecified atom stereocenters. The van der Waals surface area contributed by atoms with Gasteiger partial charge in [-0.1, -0.05) is 0 Å². The third-order valence-electron chi connectivity index (χ3n) is 2.96. The Kier molecular flexibility index (Phi) is 3.58. The molecular formula is C12H16N2O3. The van der Waals surface area contributed by atoms with Crippen LogP contribution in [0.25, 0.3) is 0 Å². The van der Waals surface area contributed by atoms with Gasteiger partial charge < -0.3 is 14.7 Å². The van der Waals surface area contributed by atoms with E-state index in [-0.39, 0.29) is 12.1 Å². The van der Waals surface area contributed by atoms with Crippen molar-refractivity contribution >= 4 is 11.8 Å². The van der Waals surface area contributed by atoms with Crippen molar-refractivity contribution in [3.63, 3.8) is 0 Å². The monoisotopic (exact) mass is 236 g/mol. The quantitative estimate of drug-likeness (QED) is 0.771. The van der Waals surface area contributed by atoms with Crippen molar-refractivity contribution in [2.45, 2.75) is 18.9 Å². The van der Waals surface area contributed by atoms with Crippen LogP contribution in [-0.4, -0.2) is 42.4 Å². The van der Waals surface area contributed by atoms with Crippen LogP contribution in [-0.2, 0) is 4.74 Å². The van der Waals surface area contributed by atoms with E-state index in [2.05, 4.69) is 4.98 Å². The largest absolute Gasteiger partial charge is 0.465 e. The fraction of sp³-hybridized carbons (Fsp3) is 0.500. The molecule has 2 rings (SSSR count). The van der Waals surface area contributed by atoms with Gasteiger partial charge in [0.05, 0.1) is 13.2 Å². The number of ether oxygens (including phenoxy) is 1. The number of esters is 1. The van der Waals surface area contributed by atoms with Gasteiger partial charge in [0.2, 0.25) is 0 Å². The van der Waals surface area contributed by atoms with Crippen molar-refractivity contribution in [1.29, 1.82) is 0 Å². The highest BCUT2D eigenvalue weighted by molar-refractivity contribution is 5.94. The number of carbonyl (C=O) groups is 1. The first-order chi connectivity index (χ1) is 8.22. The van der Waals surface area contributed by atoms with Crippen molar-refractivity contribution in [2.24, 2.45) is 0 Å². The molecule has 2 heterocycles. The molecule has 0 bridgehead atoms. The van der Waals surface area contributed by atoms with Crippen molar-refractivity contribution in [3.8, 4) is 0 Å². The van der Waals surface area contributed by atoms with E-state index in [9.17, 15) is 9.90 Å². The molecule has 1 N–H and O–H groups in total. The summed E-state index contributed by atoms with van der Waals surface area (Å²) < 4.78 is 4.73. The molecule has 0 aliphatic carbocycles. The van der Waals surface area contributed by atoms with Gasteiger partial charge in [0, 0.05) is 19.3 Å². The molecule has 0 spiro atoms. The average molecular weight is 236 g/mol. The van der Waals surface area contributed by atoms with Gasteiger partial charge >= 0.3 is 5.97 Å². The number of aromatic nitrogens is 1. The maximum atomic E-state index is 11.6. The van der Waals surface area contributed by atoms with Gasteiger partial charge in [-0.15, -0.1) is 0 Å². The van der Waals surface area contributed by atoms with Crippen LogP contribution >= 0.6 is 0 Å². The summed E-state index contributed by atoms with van der Waals surface area (Å²) >= 11 is 0. The summed E-state index contributed by atoms with van der Waals surface area (Å²) in [7, 11) is 1.36. The Morgan fingerprint density at radius 3 is 2.88 bits per heavy atom. The topological polar surface area (TPSA) is 62.7 Å². The molecule has 1 saturated heterocycles. The predicted octanol–water partition coefficient (Wildman–Crippen LogP) is 0.829. The van der Waals surface area contributed by atoms with Gasteiger partial charge in [-0.05, 0) is 25.0 Å². The minimum atomic E-state index is -0.376. The van der Waals surface area contributed by atoms with Gasteiger partial charge in [-0.25, -0.2) is 9.78 Å². The number of pyridine rings is 1. The molecule has 5 nitrogen and oxygen atoms in total. The summed E-state index contributed by atoms with van der Waals surface area (Å²) in [6.45, 7) is 1.42. The maximum Gasteiger partial charge on any atom is 0.341 e. The summed E-state index contributed by atoms with van der Waals surface area (Å²) in [5, 5.41) is 9.46. The summed E-state index contributed by atoms with van der Waals surface area (Å²) in [6.07, 6.45) is 2.83. The van der Waals surface area contributed by atoms with Crippen LogP contribution in [0.3, 0.4) is 0 Å². The number of rotatable bonds is 2. The van der Waals surface area contributed by atoms with E-state index in [1.54, 1.807) is 18.3 Å². The zero-order valence-corrected chi connectivity index (χ0v) is 9.80.